The first-order valence-corrected chi connectivity index (χ1v) is 11.8. The van der Waals surface area contributed by atoms with E-state index in [4.69, 9.17) is 16.3 Å². The van der Waals surface area contributed by atoms with Crippen molar-refractivity contribution in [2.24, 2.45) is 0 Å². The maximum atomic E-state index is 13.4. The lowest BCUT2D eigenvalue weighted by molar-refractivity contribution is -0.132. The van der Waals surface area contributed by atoms with E-state index in [-0.39, 0.29) is 11.3 Å². The van der Waals surface area contributed by atoms with Crippen LogP contribution in [0.3, 0.4) is 0 Å². The molecule has 0 aromatic heterocycles. The number of aliphatic hydroxyl groups excluding tert-OH is 1. The van der Waals surface area contributed by atoms with Crippen LogP contribution in [0.5, 0.6) is 11.5 Å². The Balaban J connectivity index is 1.69. The lowest BCUT2D eigenvalue weighted by Gasteiger charge is -2.27. The fourth-order valence-corrected chi connectivity index (χ4v) is 4.58. The predicted molar refractivity (Wildman–Crippen MR) is 140 cm³/mol. The number of aliphatic hydroxyl groups is 1. The van der Waals surface area contributed by atoms with Crippen LogP contribution in [0.25, 0.3) is 5.76 Å². The Morgan fingerprint density at radius 3 is 2.28 bits per heavy atom. The van der Waals surface area contributed by atoms with E-state index in [1.54, 1.807) is 48.5 Å². The fourth-order valence-electron chi connectivity index (χ4n) is 4.39. The van der Waals surface area contributed by atoms with E-state index < -0.39 is 17.7 Å². The van der Waals surface area contributed by atoms with Crippen molar-refractivity contribution in [3.05, 3.63) is 130 Å². The van der Waals surface area contributed by atoms with E-state index in [0.717, 1.165) is 5.56 Å². The third-order valence-corrected chi connectivity index (χ3v) is 6.31. The first-order valence-electron chi connectivity index (χ1n) is 11.4. The smallest absolute Gasteiger partial charge is 0.300 e. The van der Waals surface area contributed by atoms with E-state index in [0.29, 0.717) is 33.3 Å². The number of carbonyl (C=O) groups is 2. The first kappa shape index (κ1) is 23.4. The lowest BCUT2D eigenvalue weighted by atomic mass is 9.94. The highest BCUT2D eigenvalue weighted by Crippen LogP contribution is 2.44. The number of hydrogen-bond acceptors (Lipinski definition) is 4. The highest BCUT2D eigenvalue weighted by molar-refractivity contribution is 6.51. The summed E-state index contributed by atoms with van der Waals surface area (Å²) in [4.78, 5) is 28.2. The molecule has 0 radical (unpaired) electrons. The molecule has 0 aliphatic carbocycles. The van der Waals surface area contributed by atoms with Gasteiger partial charge in [0, 0.05) is 16.3 Å². The molecule has 1 atom stereocenters. The normalized spacial score (nSPS) is 16.8. The topological polar surface area (TPSA) is 66.8 Å². The number of nitrogens with zero attached hydrogens (tertiary/aromatic N) is 1. The van der Waals surface area contributed by atoms with Crippen molar-refractivity contribution in [2.45, 2.75) is 13.0 Å². The van der Waals surface area contributed by atoms with Crippen LogP contribution in [0.1, 0.15) is 22.7 Å². The summed E-state index contributed by atoms with van der Waals surface area (Å²) in [6.45, 7) is 1.87. The number of anilines is 1. The minimum absolute atomic E-state index is 0.0117. The maximum absolute atomic E-state index is 13.4. The Morgan fingerprint density at radius 2 is 1.53 bits per heavy atom. The van der Waals surface area contributed by atoms with Gasteiger partial charge in [-0.15, -0.1) is 0 Å². The van der Waals surface area contributed by atoms with Crippen LogP contribution in [0, 0.1) is 6.92 Å². The third-order valence-electron chi connectivity index (χ3n) is 6.07. The Morgan fingerprint density at radius 1 is 0.833 bits per heavy atom. The molecule has 0 saturated carbocycles. The van der Waals surface area contributed by atoms with Crippen molar-refractivity contribution in [1.82, 2.24) is 0 Å². The number of ether oxygens (including phenoxy) is 1. The predicted octanol–water partition coefficient (Wildman–Crippen LogP) is 7.07. The molecule has 1 heterocycles. The Labute approximate surface area is 213 Å². The molecule has 1 unspecified atom stereocenters. The number of para-hydroxylation sites is 2. The number of ketones is 1. The van der Waals surface area contributed by atoms with Gasteiger partial charge in [-0.3, -0.25) is 14.5 Å². The molecule has 4 aromatic carbocycles. The van der Waals surface area contributed by atoms with Crippen LogP contribution in [-0.4, -0.2) is 16.8 Å². The van der Waals surface area contributed by atoms with Crippen molar-refractivity contribution in [3.63, 3.8) is 0 Å². The molecule has 1 amide bonds. The Kier molecular flexibility index (Phi) is 6.32. The minimum atomic E-state index is -0.871. The Bertz CT molecular complexity index is 1500. The summed E-state index contributed by atoms with van der Waals surface area (Å²) < 4.78 is 6.01. The second-order valence-corrected chi connectivity index (χ2v) is 8.89. The lowest BCUT2D eigenvalue weighted by Crippen LogP contribution is -2.30. The largest absolute Gasteiger partial charge is 0.507 e. The van der Waals surface area contributed by atoms with Crippen molar-refractivity contribution in [2.75, 3.05) is 4.90 Å². The van der Waals surface area contributed by atoms with Gasteiger partial charge in [0.25, 0.3) is 11.7 Å². The summed E-state index contributed by atoms with van der Waals surface area (Å²) in [6.07, 6.45) is 0. The number of hydrogen-bond donors (Lipinski definition) is 1. The van der Waals surface area contributed by atoms with Gasteiger partial charge in [0.1, 0.15) is 17.3 Å². The molecule has 5 rings (SSSR count). The summed E-state index contributed by atoms with van der Waals surface area (Å²) in [7, 11) is 0. The second-order valence-electron chi connectivity index (χ2n) is 8.45. The van der Waals surface area contributed by atoms with Gasteiger partial charge >= 0.3 is 0 Å². The van der Waals surface area contributed by atoms with Gasteiger partial charge in [0.15, 0.2) is 0 Å². The zero-order valence-electron chi connectivity index (χ0n) is 19.4. The first-order chi connectivity index (χ1) is 17.4. The minimum Gasteiger partial charge on any atom is -0.507 e. The molecule has 4 aromatic rings. The Hall–Kier alpha value is -4.35. The highest BCUT2D eigenvalue weighted by atomic mass is 35.5. The number of halogens is 1. The van der Waals surface area contributed by atoms with E-state index in [1.807, 2.05) is 61.5 Å². The standard InChI is InChI=1S/C30H22ClNO4/c1-19-9-5-6-16-25(19)32-27(20-10-8-15-24(18-20)36-23-13-3-2-4-14-23)26(29(34)30(32)35)28(33)21-11-7-12-22(31)17-21/h2-18,27,33H,1H3/b28-26-. The monoisotopic (exact) mass is 495 g/mol. The summed E-state index contributed by atoms with van der Waals surface area (Å²) in [6, 6.07) is 29.5. The molecule has 0 bridgehead atoms. The average Bonchev–Trinajstić information content (AvgIpc) is 3.15. The quantitative estimate of drug-likeness (QED) is 0.183. The molecule has 1 aliphatic heterocycles. The van der Waals surface area contributed by atoms with E-state index in [2.05, 4.69) is 0 Å². The number of amides is 1. The molecule has 178 valence electrons. The molecule has 1 fully saturated rings. The molecule has 1 saturated heterocycles. The number of rotatable bonds is 5. The summed E-state index contributed by atoms with van der Waals surface area (Å²) in [5.41, 5.74) is 2.37. The number of benzene rings is 4. The molecular formula is C30H22ClNO4. The van der Waals surface area contributed by atoms with Crippen LogP contribution in [0.15, 0.2) is 109 Å². The van der Waals surface area contributed by atoms with Crippen LogP contribution >= 0.6 is 11.6 Å². The van der Waals surface area contributed by atoms with E-state index >= 15 is 0 Å². The highest BCUT2D eigenvalue weighted by Gasteiger charge is 2.47. The molecular weight excluding hydrogens is 474 g/mol. The summed E-state index contributed by atoms with van der Waals surface area (Å²) in [5.74, 6) is -0.577. The SMILES string of the molecule is Cc1ccccc1N1C(=O)C(=O)/C(=C(\O)c2cccc(Cl)c2)C1c1cccc(Oc2ccccc2)c1. The van der Waals surface area contributed by atoms with Crippen LogP contribution < -0.4 is 9.64 Å². The maximum Gasteiger partial charge on any atom is 0.300 e. The van der Waals surface area contributed by atoms with Gasteiger partial charge in [-0.05, 0) is 60.5 Å². The van der Waals surface area contributed by atoms with E-state index in [9.17, 15) is 14.7 Å². The van der Waals surface area contributed by atoms with Crippen molar-refractivity contribution in [1.29, 1.82) is 0 Å². The van der Waals surface area contributed by atoms with E-state index in [1.165, 1.54) is 4.90 Å². The van der Waals surface area contributed by atoms with Gasteiger partial charge in [0.2, 0.25) is 0 Å². The molecule has 1 N–H and O–H groups in total. The number of carbonyl (C=O) groups excluding carboxylic acids is 2. The number of aryl methyl sites for hydroxylation is 1. The van der Waals surface area contributed by atoms with Gasteiger partial charge in [-0.2, -0.15) is 0 Å². The van der Waals surface area contributed by atoms with Crippen molar-refractivity contribution >= 4 is 34.7 Å². The molecule has 36 heavy (non-hydrogen) atoms. The van der Waals surface area contributed by atoms with Gasteiger partial charge < -0.3 is 9.84 Å². The van der Waals surface area contributed by atoms with Gasteiger partial charge in [0.05, 0.1) is 11.6 Å². The molecule has 1 aliphatic rings. The third kappa shape index (κ3) is 4.37. The van der Waals surface area contributed by atoms with Crippen LogP contribution in [0.2, 0.25) is 5.02 Å². The van der Waals surface area contributed by atoms with Gasteiger partial charge in [-0.25, -0.2) is 0 Å². The van der Waals surface area contributed by atoms with Crippen LogP contribution in [-0.2, 0) is 9.59 Å². The molecule has 0 spiro atoms. The van der Waals surface area contributed by atoms with Gasteiger partial charge in [-0.1, -0.05) is 72.3 Å². The second kappa shape index (κ2) is 9.72. The van der Waals surface area contributed by atoms with Crippen molar-refractivity contribution < 1.29 is 19.4 Å². The number of Topliss-reactive ketones (excluding diaryl/α,β-unsaturated/α-hetero) is 1. The average molecular weight is 496 g/mol. The molecule has 5 nitrogen and oxygen atoms in total. The fraction of sp³-hybridized carbons (Fsp3) is 0.0667. The molecule has 6 heteroatoms. The van der Waals surface area contributed by atoms with Crippen molar-refractivity contribution in [3.8, 4) is 11.5 Å². The summed E-state index contributed by atoms with van der Waals surface area (Å²) in [5, 5.41) is 11.7. The zero-order valence-corrected chi connectivity index (χ0v) is 20.1. The van der Waals surface area contributed by atoms with Crippen LogP contribution in [0.4, 0.5) is 5.69 Å². The zero-order chi connectivity index (χ0) is 25.2. The summed E-state index contributed by atoms with van der Waals surface area (Å²) >= 11 is 6.14.